The third kappa shape index (κ3) is 4.28. The van der Waals surface area contributed by atoms with E-state index in [4.69, 9.17) is 0 Å². The molecular formula is C12H17NO3S. The van der Waals surface area contributed by atoms with Gasteiger partial charge in [0.15, 0.2) is 5.78 Å². The Hall–Kier alpha value is -1.20. The summed E-state index contributed by atoms with van der Waals surface area (Å²) < 4.78 is 0. The lowest BCUT2D eigenvalue weighted by molar-refractivity contribution is 0.0914. The molecule has 1 aromatic heterocycles. The molecule has 94 valence electrons. The fourth-order valence-corrected chi connectivity index (χ4v) is 2.23. The molecule has 1 atom stereocenters. The zero-order valence-corrected chi connectivity index (χ0v) is 10.8. The van der Waals surface area contributed by atoms with Crippen molar-refractivity contribution in [2.24, 2.45) is 0 Å². The molecule has 0 aliphatic carbocycles. The van der Waals surface area contributed by atoms with E-state index in [1.54, 1.807) is 11.4 Å². The summed E-state index contributed by atoms with van der Waals surface area (Å²) >= 11 is 1.24. The highest BCUT2D eigenvalue weighted by Gasteiger charge is 2.12. The van der Waals surface area contributed by atoms with Crippen LogP contribution in [0.2, 0.25) is 0 Å². The van der Waals surface area contributed by atoms with Crippen molar-refractivity contribution in [2.45, 2.75) is 32.8 Å². The fourth-order valence-electron chi connectivity index (χ4n) is 1.37. The summed E-state index contributed by atoms with van der Waals surface area (Å²) in [6.45, 7) is 3.69. The van der Waals surface area contributed by atoms with Crippen LogP contribution in [0.5, 0.6) is 0 Å². The third-order valence-electron chi connectivity index (χ3n) is 2.35. The average molecular weight is 255 g/mol. The van der Waals surface area contributed by atoms with Gasteiger partial charge in [0, 0.05) is 17.5 Å². The molecule has 0 saturated heterocycles. The van der Waals surface area contributed by atoms with E-state index in [9.17, 15) is 14.7 Å². The first-order chi connectivity index (χ1) is 8.04. The molecule has 17 heavy (non-hydrogen) atoms. The van der Waals surface area contributed by atoms with E-state index in [2.05, 4.69) is 5.32 Å². The Balaban J connectivity index is 2.49. The van der Waals surface area contributed by atoms with E-state index >= 15 is 0 Å². The molecule has 1 heterocycles. The van der Waals surface area contributed by atoms with Crippen LogP contribution < -0.4 is 5.32 Å². The molecule has 5 heteroatoms. The number of carbonyl (C=O) groups excluding carboxylic acids is 2. The third-order valence-corrected chi connectivity index (χ3v) is 3.28. The summed E-state index contributed by atoms with van der Waals surface area (Å²) in [5.41, 5.74) is 0.550. The maximum atomic E-state index is 11.7. The molecule has 0 saturated carbocycles. The predicted octanol–water partition coefficient (Wildman–Crippen LogP) is 1.84. The van der Waals surface area contributed by atoms with Crippen LogP contribution in [0.4, 0.5) is 0 Å². The van der Waals surface area contributed by atoms with E-state index in [0.717, 1.165) is 6.42 Å². The van der Waals surface area contributed by atoms with Gasteiger partial charge in [-0.2, -0.15) is 0 Å². The predicted molar refractivity (Wildman–Crippen MR) is 67.6 cm³/mol. The number of hydrogen-bond acceptors (Lipinski definition) is 4. The zero-order chi connectivity index (χ0) is 12.8. The van der Waals surface area contributed by atoms with Gasteiger partial charge in [0.25, 0.3) is 5.91 Å². The van der Waals surface area contributed by atoms with Gasteiger partial charge in [-0.15, -0.1) is 11.3 Å². The first-order valence-corrected chi connectivity index (χ1v) is 6.48. The van der Waals surface area contributed by atoms with Crippen LogP contribution in [0.3, 0.4) is 0 Å². The van der Waals surface area contributed by atoms with Gasteiger partial charge in [-0.1, -0.05) is 13.3 Å². The standard InChI is InChI=1S/C12H17NO3S/c1-3-4-10(15)6-13-12(16)11-5-9(7-17-11)8(2)14/h5,7,10,15H,3-4,6H2,1-2H3,(H,13,16). The number of Topliss-reactive ketones (excluding diaryl/α,β-unsaturated/α-hetero) is 1. The average Bonchev–Trinajstić information content (AvgIpc) is 2.75. The number of aliphatic hydroxyl groups excluding tert-OH is 1. The molecule has 1 unspecified atom stereocenters. The normalized spacial score (nSPS) is 12.2. The molecule has 0 fully saturated rings. The number of rotatable bonds is 6. The number of nitrogens with one attached hydrogen (secondary N) is 1. The van der Waals surface area contributed by atoms with Crippen molar-refractivity contribution in [1.29, 1.82) is 0 Å². The van der Waals surface area contributed by atoms with Crippen molar-refractivity contribution >= 4 is 23.0 Å². The summed E-state index contributed by atoms with van der Waals surface area (Å²) in [5, 5.41) is 13.8. The summed E-state index contributed by atoms with van der Waals surface area (Å²) in [6.07, 6.45) is 1.05. The van der Waals surface area contributed by atoms with Crippen molar-refractivity contribution in [3.63, 3.8) is 0 Å². The lowest BCUT2D eigenvalue weighted by Crippen LogP contribution is -2.31. The molecule has 0 aliphatic rings. The second kappa shape index (κ2) is 6.51. The van der Waals surface area contributed by atoms with E-state index < -0.39 is 6.10 Å². The molecule has 0 radical (unpaired) electrons. The zero-order valence-electron chi connectivity index (χ0n) is 10.0. The molecule has 0 aromatic carbocycles. The Kier molecular flexibility index (Phi) is 5.31. The Labute approximate surface area is 105 Å². The Morgan fingerprint density at radius 3 is 2.76 bits per heavy atom. The second-order valence-corrected chi connectivity index (χ2v) is 4.82. The second-order valence-electron chi connectivity index (χ2n) is 3.91. The highest BCUT2D eigenvalue weighted by molar-refractivity contribution is 7.12. The van der Waals surface area contributed by atoms with E-state index in [1.165, 1.54) is 18.3 Å². The lowest BCUT2D eigenvalue weighted by Gasteiger charge is -2.09. The van der Waals surface area contributed by atoms with Gasteiger partial charge in [-0.3, -0.25) is 9.59 Å². The molecule has 0 bridgehead atoms. The van der Waals surface area contributed by atoms with Crippen LogP contribution in [0.15, 0.2) is 11.4 Å². The maximum absolute atomic E-state index is 11.7. The molecule has 0 aliphatic heterocycles. The number of carbonyl (C=O) groups is 2. The van der Waals surface area contributed by atoms with Crippen molar-refractivity contribution in [3.05, 3.63) is 21.9 Å². The topological polar surface area (TPSA) is 66.4 Å². The van der Waals surface area contributed by atoms with Crippen LogP contribution in [-0.2, 0) is 0 Å². The minimum atomic E-state index is -0.504. The first kappa shape index (κ1) is 13.9. The monoisotopic (exact) mass is 255 g/mol. The first-order valence-electron chi connectivity index (χ1n) is 5.60. The van der Waals surface area contributed by atoms with E-state index in [1.807, 2.05) is 6.92 Å². The molecule has 0 spiro atoms. The Morgan fingerprint density at radius 1 is 1.53 bits per heavy atom. The maximum Gasteiger partial charge on any atom is 0.261 e. The van der Waals surface area contributed by atoms with Gasteiger partial charge < -0.3 is 10.4 Å². The van der Waals surface area contributed by atoms with Gasteiger partial charge in [-0.25, -0.2) is 0 Å². The van der Waals surface area contributed by atoms with Crippen molar-refractivity contribution < 1.29 is 14.7 Å². The van der Waals surface area contributed by atoms with Crippen LogP contribution in [-0.4, -0.2) is 29.4 Å². The van der Waals surface area contributed by atoms with Gasteiger partial charge in [0.2, 0.25) is 0 Å². The lowest BCUT2D eigenvalue weighted by atomic mass is 10.2. The number of thiophene rings is 1. The van der Waals surface area contributed by atoms with Crippen LogP contribution >= 0.6 is 11.3 Å². The Bertz CT molecular complexity index is 400. The largest absolute Gasteiger partial charge is 0.391 e. The van der Waals surface area contributed by atoms with Crippen LogP contribution in [0, 0.1) is 0 Å². The molecule has 4 nitrogen and oxygen atoms in total. The van der Waals surface area contributed by atoms with E-state index in [-0.39, 0.29) is 18.2 Å². The quantitative estimate of drug-likeness (QED) is 0.762. The van der Waals surface area contributed by atoms with E-state index in [0.29, 0.717) is 16.9 Å². The number of aliphatic hydroxyl groups is 1. The molecular weight excluding hydrogens is 238 g/mol. The summed E-state index contributed by atoms with van der Waals surface area (Å²) in [6, 6.07) is 1.58. The minimum Gasteiger partial charge on any atom is -0.391 e. The smallest absolute Gasteiger partial charge is 0.261 e. The van der Waals surface area contributed by atoms with Crippen molar-refractivity contribution in [1.82, 2.24) is 5.32 Å². The van der Waals surface area contributed by atoms with Crippen molar-refractivity contribution in [2.75, 3.05) is 6.54 Å². The van der Waals surface area contributed by atoms with Crippen LogP contribution in [0.25, 0.3) is 0 Å². The van der Waals surface area contributed by atoms with Gasteiger partial charge in [0.05, 0.1) is 11.0 Å². The Morgan fingerprint density at radius 2 is 2.24 bits per heavy atom. The van der Waals surface area contributed by atoms with Gasteiger partial charge in [-0.05, 0) is 19.4 Å². The highest BCUT2D eigenvalue weighted by atomic mass is 32.1. The molecule has 1 rings (SSSR count). The number of ketones is 1. The molecule has 1 amide bonds. The summed E-state index contributed by atoms with van der Waals surface area (Å²) in [5.74, 6) is -0.288. The highest BCUT2D eigenvalue weighted by Crippen LogP contribution is 2.15. The van der Waals surface area contributed by atoms with Gasteiger partial charge in [0.1, 0.15) is 0 Å². The fraction of sp³-hybridized carbons (Fsp3) is 0.500. The van der Waals surface area contributed by atoms with Crippen molar-refractivity contribution in [3.8, 4) is 0 Å². The molecule has 1 aromatic rings. The summed E-state index contributed by atoms with van der Waals surface area (Å²) in [7, 11) is 0. The summed E-state index contributed by atoms with van der Waals surface area (Å²) in [4.78, 5) is 23.2. The SMILES string of the molecule is CCCC(O)CNC(=O)c1cc(C(C)=O)cs1. The number of hydrogen-bond donors (Lipinski definition) is 2. The molecule has 2 N–H and O–H groups in total. The van der Waals surface area contributed by atoms with Gasteiger partial charge >= 0.3 is 0 Å². The number of amides is 1. The minimum absolute atomic E-state index is 0.0497. The van der Waals surface area contributed by atoms with Crippen LogP contribution in [0.1, 0.15) is 46.7 Å².